The van der Waals surface area contributed by atoms with Gasteiger partial charge in [-0.25, -0.2) is 0 Å². The lowest BCUT2D eigenvalue weighted by Crippen LogP contribution is -2.42. The molecule has 0 aromatic heterocycles. The molecule has 0 saturated heterocycles. The Bertz CT molecular complexity index is 129. The summed E-state index contributed by atoms with van der Waals surface area (Å²) in [6, 6.07) is 0.914. The smallest absolute Gasteiger partial charge is 0.0668 e. The summed E-state index contributed by atoms with van der Waals surface area (Å²) in [6.45, 7) is 9.42. The molecule has 0 spiro atoms. The number of aliphatic hydroxyl groups is 2. The van der Waals surface area contributed by atoms with E-state index < -0.39 is 0 Å². The van der Waals surface area contributed by atoms with Gasteiger partial charge in [0, 0.05) is 25.2 Å². The first-order chi connectivity index (χ1) is 6.49. The molecule has 3 heteroatoms. The Morgan fingerprint density at radius 3 is 1.93 bits per heavy atom. The maximum atomic E-state index is 9.70. The summed E-state index contributed by atoms with van der Waals surface area (Å²) in [5.41, 5.74) is 0. The molecule has 2 N–H and O–H groups in total. The molecule has 0 bridgehead atoms. The van der Waals surface area contributed by atoms with Crippen LogP contribution in [0.15, 0.2) is 0 Å². The van der Waals surface area contributed by atoms with E-state index in [2.05, 4.69) is 32.6 Å². The van der Waals surface area contributed by atoms with E-state index in [0.717, 1.165) is 0 Å². The Hall–Kier alpha value is -0.120. The average Bonchev–Trinajstić information content (AvgIpc) is 2.09. The molecule has 0 radical (unpaired) electrons. The quantitative estimate of drug-likeness (QED) is 0.654. The number of hydrogen-bond donors (Lipinski definition) is 2. The SMILES string of the molecule is CC(C)N(CC(O)CCCO)C(C)C. The molecule has 86 valence electrons. The van der Waals surface area contributed by atoms with Gasteiger partial charge >= 0.3 is 0 Å². The van der Waals surface area contributed by atoms with Crippen molar-refractivity contribution in [3.05, 3.63) is 0 Å². The molecule has 0 aliphatic heterocycles. The summed E-state index contributed by atoms with van der Waals surface area (Å²) >= 11 is 0. The van der Waals surface area contributed by atoms with Gasteiger partial charge in [0.25, 0.3) is 0 Å². The van der Waals surface area contributed by atoms with Crippen LogP contribution >= 0.6 is 0 Å². The Balaban J connectivity index is 3.90. The van der Waals surface area contributed by atoms with Gasteiger partial charge in [-0.3, -0.25) is 4.90 Å². The first-order valence-electron chi connectivity index (χ1n) is 5.53. The summed E-state index contributed by atoms with van der Waals surface area (Å²) < 4.78 is 0. The molecule has 0 aromatic rings. The Labute approximate surface area is 87.7 Å². The van der Waals surface area contributed by atoms with Gasteiger partial charge in [0.2, 0.25) is 0 Å². The van der Waals surface area contributed by atoms with Crippen molar-refractivity contribution in [1.29, 1.82) is 0 Å². The number of rotatable bonds is 7. The summed E-state index contributed by atoms with van der Waals surface area (Å²) in [7, 11) is 0. The maximum Gasteiger partial charge on any atom is 0.0668 e. The third kappa shape index (κ3) is 5.58. The Morgan fingerprint density at radius 2 is 1.57 bits per heavy atom. The topological polar surface area (TPSA) is 43.7 Å². The van der Waals surface area contributed by atoms with Gasteiger partial charge in [0.05, 0.1) is 6.10 Å². The second kappa shape index (κ2) is 7.21. The van der Waals surface area contributed by atoms with E-state index in [9.17, 15) is 5.11 Å². The van der Waals surface area contributed by atoms with Gasteiger partial charge in [-0.15, -0.1) is 0 Å². The molecular formula is C11H25NO2. The highest BCUT2D eigenvalue weighted by Gasteiger charge is 2.16. The normalized spacial score (nSPS) is 14.4. The number of nitrogens with zero attached hydrogens (tertiary/aromatic N) is 1. The minimum Gasteiger partial charge on any atom is -0.396 e. The van der Waals surface area contributed by atoms with Crippen LogP contribution in [0.25, 0.3) is 0 Å². The van der Waals surface area contributed by atoms with Crippen LogP contribution in [0, 0.1) is 0 Å². The minimum atomic E-state index is -0.313. The third-order valence-corrected chi connectivity index (χ3v) is 2.44. The molecule has 14 heavy (non-hydrogen) atoms. The van der Waals surface area contributed by atoms with Crippen molar-refractivity contribution in [1.82, 2.24) is 4.90 Å². The van der Waals surface area contributed by atoms with Crippen LogP contribution in [0.5, 0.6) is 0 Å². The minimum absolute atomic E-state index is 0.167. The summed E-state index contributed by atoms with van der Waals surface area (Å²) in [5, 5.41) is 18.3. The second-order valence-electron chi connectivity index (χ2n) is 4.40. The maximum absolute atomic E-state index is 9.70. The predicted octanol–water partition coefficient (Wildman–Crippen LogP) is 1.24. The molecule has 3 nitrogen and oxygen atoms in total. The van der Waals surface area contributed by atoms with Crippen LogP contribution < -0.4 is 0 Å². The van der Waals surface area contributed by atoms with Gasteiger partial charge in [-0.05, 0) is 40.5 Å². The van der Waals surface area contributed by atoms with E-state index in [-0.39, 0.29) is 12.7 Å². The van der Waals surface area contributed by atoms with Crippen molar-refractivity contribution >= 4 is 0 Å². The van der Waals surface area contributed by atoms with Crippen LogP contribution in [0.2, 0.25) is 0 Å². The summed E-state index contributed by atoms with van der Waals surface area (Å²) in [6.07, 6.45) is 1.06. The van der Waals surface area contributed by atoms with E-state index in [0.29, 0.717) is 31.5 Å². The van der Waals surface area contributed by atoms with Crippen LogP contribution in [-0.4, -0.2) is 46.5 Å². The number of aliphatic hydroxyl groups excluding tert-OH is 2. The molecule has 1 atom stereocenters. The van der Waals surface area contributed by atoms with Gasteiger partial charge in [-0.2, -0.15) is 0 Å². The fraction of sp³-hybridized carbons (Fsp3) is 1.00. The van der Waals surface area contributed by atoms with E-state index in [1.165, 1.54) is 0 Å². The molecule has 0 fully saturated rings. The van der Waals surface area contributed by atoms with E-state index in [1.54, 1.807) is 0 Å². The Kier molecular flexibility index (Phi) is 7.15. The fourth-order valence-corrected chi connectivity index (χ4v) is 1.68. The molecule has 0 saturated carbocycles. The van der Waals surface area contributed by atoms with Crippen LogP contribution in [0.1, 0.15) is 40.5 Å². The first kappa shape index (κ1) is 13.9. The lowest BCUT2D eigenvalue weighted by Gasteiger charge is -2.32. The predicted molar refractivity (Wildman–Crippen MR) is 59.3 cm³/mol. The highest BCUT2D eigenvalue weighted by Crippen LogP contribution is 2.08. The average molecular weight is 203 g/mol. The van der Waals surface area contributed by atoms with Crippen molar-refractivity contribution < 1.29 is 10.2 Å². The van der Waals surface area contributed by atoms with Gasteiger partial charge in [0.15, 0.2) is 0 Å². The van der Waals surface area contributed by atoms with Crippen molar-refractivity contribution in [2.24, 2.45) is 0 Å². The van der Waals surface area contributed by atoms with Crippen LogP contribution in [0.4, 0.5) is 0 Å². The highest BCUT2D eigenvalue weighted by atomic mass is 16.3. The van der Waals surface area contributed by atoms with Crippen molar-refractivity contribution in [3.8, 4) is 0 Å². The van der Waals surface area contributed by atoms with Crippen molar-refractivity contribution in [3.63, 3.8) is 0 Å². The zero-order valence-corrected chi connectivity index (χ0v) is 9.90. The molecule has 0 heterocycles. The van der Waals surface area contributed by atoms with Crippen LogP contribution in [0.3, 0.4) is 0 Å². The van der Waals surface area contributed by atoms with Gasteiger partial charge in [-0.1, -0.05) is 0 Å². The third-order valence-electron chi connectivity index (χ3n) is 2.44. The highest BCUT2D eigenvalue weighted by molar-refractivity contribution is 4.71. The van der Waals surface area contributed by atoms with Crippen LogP contribution in [-0.2, 0) is 0 Å². The summed E-state index contributed by atoms with van der Waals surface area (Å²) in [4.78, 5) is 2.27. The van der Waals surface area contributed by atoms with E-state index in [1.807, 2.05) is 0 Å². The lowest BCUT2D eigenvalue weighted by molar-refractivity contribution is 0.0662. The molecule has 0 amide bonds. The van der Waals surface area contributed by atoms with E-state index >= 15 is 0 Å². The number of hydrogen-bond acceptors (Lipinski definition) is 3. The molecule has 0 aliphatic carbocycles. The first-order valence-corrected chi connectivity index (χ1v) is 5.53. The Morgan fingerprint density at radius 1 is 1.07 bits per heavy atom. The largest absolute Gasteiger partial charge is 0.396 e. The summed E-state index contributed by atoms with van der Waals surface area (Å²) in [5.74, 6) is 0. The molecular weight excluding hydrogens is 178 g/mol. The fourth-order valence-electron chi connectivity index (χ4n) is 1.68. The zero-order chi connectivity index (χ0) is 11.1. The van der Waals surface area contributed by atoms with Gasteiger partial charge in [0.1, 0.15) is 0 Å². The second-order valence-corrected chi connectivity index (χ2v) is 4.40. The molecule has 1 unspecified atom stereocenters. The van der Waals surface area contributed by atoms with Gasteiger partial charge < -0.3 is 10.2 Å². The molecule has 0 aliphatic rings. The molecule has 0 aromatic carbocycles. The lowest BCUT2D eigenvalue weighted by atomic mass is 10.1. The molecule has 0 rings (SSSR count). The monoisotopic (exact) mass is 203 g/mol. The standard InChI is InChI=1S/C11H25NO2/c1-9(2)12(10(3)4)8-11(14)6-5-7-13/h9-11,13-14H,5-8H2,1-4H3. The van der Waals surface area contributed by atoms with Crippen molar-refractivity contribution in [2.75, 3.05) is 13.2 Å². The van der Waals surface area contributed by atoms with Crippen molar-refractivity contribution in [2.45, 2.75) is 58.7 Å². The zero-order valence-electron chi connectivity index (χ0n) is 9.90. The van der Waals surface area contributed by atoms with E-state index in [4.69, 9.17) is 5.11 Å².